The minimum absolute atomic E-state index is 0.287. The molecule has 1 heterocycles. The Kier molecular flexibility index (Phi) is 5.33. The van der Waals surface area contributed by atoms with E-state index in [4.69, 9.17) is 16.3 Å². The zero-order valence-electron chi connectivity index (χ0n) is 11.1. The summed E-state index contributed by atoms with van der Waals surface area (Å²) >= 11 is 6.21. The molecule has 100 valence electrons. The molecular formula is C15H22ClNO. The number of nitrogens with zero attached hydrogens (tertiary/aromatic N) is 1. The molecule has 1 fully saturated rings. The minimum Gasteiger partial charge on any atom is -0.494 e. The minimum atomic E-state index is 0.287. The van der Waals surface area contributed by atoms with Crippen LogP contribution in [0.4, 0.5) is 0 Å². The van der Waals surface area contributed by atoms with Crippen LogP contribution in [0.2, 0.25) is 0 Å². The summed E-state index contributed by atoms with van der Waals surface area (Å²) in [6.45, 7) is 5.02. The van der Waals surface area contributed by atoms with Crippen molar-refractivity contribution in [3.05, 3.63) is 29.8 Å². The highest BCUT2D eigenvalue weighted by Crippen LogP contribution is 2.32. The van der Waals surface area contributed by atoms with Crippen molar-refractivity contribution in [1.82, 2.24) is 4.90 Å². The van der Waals surface area contributed by atoms with Gasteiger partial charge in [-0.3, -0.25) is 4.90 Å². The van der Waals surface area contributed by atoms with Crippen LogP contribution in [0.25, 0.3) is 0 Å². The summed E-state index contributed by atoms with van der Waals surface area (Å²) in [7, 11) is 0. The van der Waals surface area contributed by atoms with Crippen LogP contribution in [-0.4, -0.2) is 30.5 Å². The van der Waals surface area contributed by atoms with E-state index >= 15 is 0 Å². The van der Waals surface area contributed by atoms with E-state index in [1.165, 1.54) is 24.8 Å². The second-order valence-electron chi connectivity index (χ2n) is 4.74. The van der Waals surface area contributed by atoms with Gasteiger partial charge in [0, 0.05) is 11.4 Å². The third kappa shape index (κ3) is 3.18. The second kappa shape index (κ2) is 7.01. The summed E-state index contributed by atoms with van der Waals surface area (Å²) in [5.74, 6) is 1.61. The third-order valence-electron chi connectivity index (χ3n) is 3.56. The number of ether oxygens (including phenoxy) is 1. The summed E-state index contributed by atoms with van der Waals surface area (Å²) in [4.78, 5) is 2.49. The lowest BCUT2D eigenvalue weighted by Gasteiger charge is -2.34. The molecule has 18 heavy (non-hydrogen) atoms. The Morgan fingerprint density at radius 3 is 2.61 bits per heavy atom. The third-order valence-corrected chi connectivity index (χ3v) is 3.85. The zero-order valence-corrected chi connectivity index (χ0v) is 11.8. The fraction of sp³-hybridized carbons (Fsp3) is 0.600. The molecule has 1 unspecified atom stereocenters. The smallest absolute Gasteiger partial charge is 0.124 e. The first-order chi connectivity index (χ1) is 8.86. The first-order valence-corrected chi connectivity index (χ1v) is 7.42. The average Bonchev–Trinajstić information content (AvgIpc) is 2.43. The van der Waals surface area contributed by atoms with Gasteiger partial charge in [-0.2, -0.15) is 0 Å². The van der Waals surface area contributed by atoms with Gasteiger partial charge in [-0.25, -0.2) is 0 Å². The van der Waals surface area contributed by atoms with E-state index in [0.717, 1.165) is 18.8 Å². The van der Waals surface area contributed by atoms with Crippen molar-refractivity contribution in [2.75, 3.05) is 25.6 Å². The lowest BCUT2D eigenvalue weighted by molar-refractivity contribution is 0.173. The molecule has 2 nitrogen and oxygen atoms in total. The van der Waals surface area contributed by atoms with Crippen LogP contribution in [0.5, 0.6) is 5.75 Å². The van der Waals surface area contributed by atoms with E-state index in [-0.39, 0.29) is 6.04 Å². The van der Waals surface area contributed by atoms with Crippen LogP contribution < -0.4 is 4.74 Å². The number of piperidine rings is 1. The molecule has 0 radical (unpaired) electrons. The van der Waals surface area contributed by atoms with Gasteiger partial charge in [0.05, 0.1) is 12.6 Å². The van der Waals surface area contributed by atoms with Crippen molar-refractivity contribution < 1.29 is 4.74 Å². The molecule has 1 aromatic rings. The highest BCUT2D eigenvalue weighted by atomic mass is 35.5. The lowest BCUT2D eigenvalue weighted by atomic mass is 10.0. The number of rotatable bonds is 5. The monoisotopic (exact) mass is 267 g/mol. The Bertz CT molecular complexity index is 363. The SMILES string of the molecule is CCOc1ccccc1C(CCl)N1CCCCC1. The molecule has 0 bridgehead atoms. The summed E-state index contributed by atoms with van der Waals surface area (Å²) in [6, 6.07) is 8.57. The van der Waals surface area contributed by atoms with Crippen molar-refractivity contribution >= 4 is 11.6 Å². The van der Waals surface area contributed by atoms with Gasteiger partial charge in [-0.05, 0) is 38.9 Å². The lowest BCUT2D eigenvalue weighted by Crippen LogP contribution is -2.34. The van der Waals surface area contributed by atoms with Gasteiger partial charge in [0.15, 0.2) is 0 Å². The summed E-state index contributed by atoms with van der Waals surface area (Å²) < 4.78 is 5.73. The van der Waals surface area contributed by atoms with Crippen molar-refractivity contribution in [3.8, 4) is 5.75 Å². The van der Waals surface area contributed by atoms with Gasteiger partial charge < -0.3 is 4.74 Å². The quantitative estimate of drug-likeness (QED) is 0.752. The molecule has 1 aromatic carbocycles. The fourth-order valence-corrected chi connectivity index (χ4v) is 3.01. The molecule has 0 aliphatic carbocycles. The van der Waals surface area contributed by atoms with Crippen LogP contribution in [0.1, 0.15) is 37.8 Å². The molecule has 0 saturated carbocycles. The number of halogens is 1. The maximum Gasteiger partial charge on any atom is 0.124 e. The molecule has 1 saturated heterocycles. The molecule has 0 aromatic heterocycles. The van der Waals surface area contributed by atoms with Gasteiger partial charge >= 0.3 is 0 Å². The number of benzene rings is 1. The Hall–Kier alpha value is -0.730. The van der Waals surface area contributed by atoms with Crippen LogP contribution >= 0.6 is 11.6 Å². The summed E-state index contributed by atoms with van der Waals surface area (Å²) in [5.41, 5.74) is 1.23. The van der Waals surface area contributed by atoms with E-state index in [0.29, 0.717) is 12.5 Å². The van der Waals surface area contributed by atoms with Crippen LogP contribution in [-0.2, 0) is 0 Å². The first-order valence-electron chi connectivity index (χ1n) is 6.88. The Labute approximate surface area is 115 Å². The molecule has 1 aliphatic rings. The van der Waals surface area contributed by atoms with Gasteiger partial charge in [0.25, 0.3) is 0 Å². The molecule has 0 N–H and O–H groups in total. The Morgan fingerprint density at radius 1 is 1.22 bits per heavy atom. The maximum atomic E-state index is 6.21. The highest BCUT2D eigenvalue weighted by molar-refractivity contribution is 6.18. The molecule has 3 heteroatoms. The predicted octanol–water partition coefficient (Wildman–Crippen LogP) is 3.85. The standard InChI is InChI=1S/C15H22ClNO/c1-2-18-15-9-5-4-8-13(15)14(12-16)17-10-6-3-7-11-17/h4-5,8-9,14H,2-3,6-7,10-12H2,1H3. The van der Waals surface area contributed by atoms with Crippen LogP contribution in [0.15, 0.2) is 24.3 Å². The first kappa shape index (κ1) is 13.7. The Morgan fingerprint density at radius 2 is 1.94 bits per heavy atom. The van der Waals surface area contributed by atoms with Crippen molar-refractivity contribution in [2.24, 2.45) is 0 Å². The molecule has 0 amide bonds. The van der Waals surface area contributed by atoms with E-state index < -0.39 is 0 Å². The Balaban J connectivity index is 2.20. The number of hydrogen-bond donors (Lipinski definition) is 0. The number of hydrogen-bond acceptors (Lipinski definition) is 2. The second-order valence-corrected chi connectivity index (χ2v) is 5.05. The molecular weight excluding hydrogens is 246 g/mol. The van der Waals surface area contributed by atoms with Crippen molar-refractivity contribution in [1.29, 1.82) is 0 Å². The van der Waals surface area contributed by atoms with Gasteiger partial charge in [0.1, 0.15) is 5.75 Å². The van der Waals surface area contributed by atoms with Crippen LogP contribution in [0, 0.1) is 0 Å². The summed E-state index contributed by atoms with van der Waals surface area (Å²) in [6.07, 6.45) is 3.91. The van der Waals surface area contributed by atoms with Crippen molar-refractivity contribution in [2.45, 2.75) is 32.2 Å². The van der Waals surface area contributed by atoms with Crippen LogP contribution in [0.3, 0.4) is 0 Å². The van der Waals surface area contributed by atoms with E-state index in [9.17, 15) is 0 Å². The number of likely N-dealkylation sites (tertiary alicyclic amines) is 1. The summed E-state index contributed by atoms with van der Waals surface area (Å²) in [5, 5.41) is 0. The number of para-hydroxylation sites is 1. The average molecular weight is 268 g/mol. The van der Waals surface area contributed by atoms with Gasteiger partial charge in [-0.15, -0.1) is 11.6 Å². The zero-order chi connectivity index (χ0) is 12.8. The van der Waals surface area contributed by atoms with E-state index in [1.807, 2.05) is 19.1 Å². The molecule has 1 aliphatic heterocycles. The maximum absolute atomic E-state index is 6.21. The topological polar surface area (TPSA) is 12.5 Å². The number of alkyl halides is 1. The van der Waals surface area contributed by atoms with E-state index in [1.54, 1.807) is 0 Å². The van der Waals surface area contributed by atoms with E-state index in [2.05, 4.69) is 17.0 Å². The molecule has 0 spiro atoms. The molecule has 1 atom stereocenters. The van der Waals surface area contributed by atoms with Gasteiger partial charge in [0.2, 0.25) is 0 Å². The molecule has 2 rings (SSSR count). The fourth-order valence-electron chi connectivity index (χ4n) is 2.65. The predicted molar refractivity (Wildman–Crippen MR) is 76.5 cm³/mol. The van der Waals surface area contributed by atoms with Gasteiger partial charge in [-0.1, -0.05) is 24.6 Å². The normalized spacial score (nSPS) is 18.6. The highest BCUT2D eigenvalue weighted by Gasteiger charge is 2.23. The largest absolute Gasteiger partial charge is 0.494 e. The van der Waals surface area contributed by atoms with Crippen molar-refractivity contribution in [3.63, 3.8) is 0 Å².